The predicted octanol–water partition coefficient (Wildman–Crippen LogP) is 16.8. The molecular weight excluding hydrogens is 1160 g/mol. The van der Waals surface area contributed by atoms with Crippen LogP contribution in [0.5, 0.6) is 0 Å². The van der Waals surface area contributed by atoms with Crippen LogP contribution in [0.25, 0.3) is 0 Å². The SMILES string of the molecule is CC/C=C\C/C=C\C/C=C\C/C=C\CCCCCCCCCCCCCCC(=O)NC(COC1OC(CO)C(OC2OC(CO)C(O)C(O)C2O)C(O)C1O)C(O)/C=C/CCCCCCCCCCCCCCCCCCCCCCCCCCCCCCCCC. The van der Waals surface area contributed by atoms with E-state index in [-0.39, 0.29) is 18.9 Å². The molecule has 0 aliphatic carbocycles. The maximum Gasteiger partial charge on any atom is 0.220 e. The van der Waals surface area contributed by atoms with Gasteiger partial charge in [-0.25, -0.2) is 0 Å². The van der Waals surface area contributed by atoms with Crippen LogP contribution in [-0.4, -0.2) is 140 Å². The van der Waals surface area contributed by atoms with E-state index >= 15 is 0 Å². The summed E-state index contributed by atoms with van der Waals surface area (Å²) in [6.45, 7) is 2.73. The molecule has 0 spiro atoms. The number of hydrogen-bond acceptors (Lipinski definition) is 13. The van der Waals surface area contributed by atoms with E-state index < -0.39 is 86.8 Å². The number of aliphatic hydroxyl groups excluding tert-OH is 8. The average Bonchev–Trinajstić information content (AvgIpc) is 0.865. The highest BCUT2D eigenvalue weighted by molar-refractivity contribution is 5.76. The van der Waals surface area contributed by atoms with Crippen molar-refractivity contribution in [3.05, 3.63) is 60.8 Å². The van der Waals surface area contributed by atoms with Crippen LogP contribution in [0.1, 0.15) is 335 Å². The molecule has 12 unspecified atom stereocenters. The van der Waals surface area contributed by atoms with Gasteiger partial charge in [-0.3, -0.25) is 4.79 Å². The second-order valence-electron chi connectivity index (χ2n) is 27.1. The van der Waals surface area contributed by atoms with Crippen LogP contribution < -0.4 is 5.32 Å². The highest BCUT2D eigenvalue weighted by Crippen LogP contribution is 2.30. The molecule has 2 fully saturated rings. The van der Waals surface area contributed by atoms with E-state index in [1.54, 1.807) is 6.08 Å². The van der Waals surface area contributed by atoms with Gasteiger partial charge in [0.25, 0.3) is 0 Å². The Morgan fingerprint density at radius 2 is 0.750 bits per heavy atom. The van der Waals surface area contributed by atoms with Gasteiger partial charge in [0, 0.05) is 6.42 Å². The van der Waals surface area contributed by atoms with Crippen LogP contribution in [0, 0.1) is 0 Å². The first-order valence-corrected chi connectivity index (χ1v) is 38.5. The zero-order chi connectivity index (χ0) is 66.6. The monoisotopic (exact) mass is 1300 g/mol. The quantitative estimate of drug-likeness (QED) is 0.0204. The van der Waals surface area contributed by atoms with E-state index in [2.05, 4.69) is 67.8 Å². The van der Waals surface area contributed by atoms with Crippen molar-refractivity contribution in [2.24, 2.45) is 0 Å². The summed E-state index contributed by atoms with van der Waals surface area (Å²) in [5.41, 5.74) is 0. The van der Waals surface area contributed by atoms with Crippen LogP contribution >= 0.6 is 0 Å². The molecule has 0 bridgehead atoms. The molecule has 0 aromatic heterocycles. The summed E-state index contributed by atoms with van der Waals surface area (Å²) >= 11 is 0. The van der Waals surface area contributed by atoms with Gasteiger partial charge in [-0.2, -0.15) is 0 Å². The van der Waals surface area contributed by atoms with Crippen LogP contribution in [-0.2, 0) is 23.7 Å². The molecule has 2 rings (SSSR count). The minimum Gasteiger partial charge on any atom is -0.394 e. The van der Waals surface area contributed by atoms with Crippen LogP contribution in [0.15, 0.2) is 60.8 Å². The van der Waals surface area contributed by atoms with Gasteiger partial charge in [-0.15, -0.1) is 0 Å². The average molecular weight is 1300 g/mol. The normalized spacial score (nSPS) is 23.0. The van der Waals surface area contributed by atoms with Gasteiger partial charge in [-0.1, -0.05) is 331 Å². The Labute approximate surface area is 562 Å². The van der Waals surface area contributed by atoms with E-state index in [0.717, 1.165) is 70.6 Å². The third-order valence-corrected chi connectivity index (χ3v) is 18.7. The van der Waals surface area contributed by atoms with Gasteiger partial charge in [-0.05, 0) is 57.8 Å². The summed E-state index contributed by atoms with van der Waals surface area (Å²) in [7, 11) is 0. The third-order valence-electron chi connectivity index (χ3n) is 18.7. The molecule has 14 nitrogen and oxygen atoms in total. The molecule has 2 saturated heterocycles. The van der Waals surface area contributed by atoms with Crippen LogP contribution in [0.4, 0.5) is 0 Å². The van der Waals surface area contributed by atoms with Crippen molar-refractivity contribution in [2.45, 2.75) is 408 Å². The van der Waals surface area contributed by atoms with Crippen molar-refractivity contribution in [1.82, 2.24) is 5.32 Å². The number of rotatable bonds is 64. The Balaban J connectivity index is 1.63. The summed E-state index contributed by atoms with van der Waals surface area (Å²) in [4.78, 5) is 13.4. The zero-order valence-corrected chi connectivity index (χ0v) is 58.8. The number of carbonyl (C=O) groups excluding carboxylic acids is 1. The molecule has 2 heterocycles. The van der Waals surface area contributed by atoms with E-state index in [1.165, 1.54) is 238 Å². The largest absolute Gasteiger partial charge is 0.394 e. The molecule has 1 amide bonds. The lowest BCUT2D eigenvalue weighted by atomic mass is 9.97. The Morgan fingerprint density at radius 1 is 0.402 bits per heavy atom. The van der Waals surface area contributed by atoms with Crippen molar-refractivity contribution in [3.8, 4) is 0 Å². The van der Waals surface area contributed by atoms with Crippen molar-refractivity contribution < 1.29 is 64.6 Å². The van der Waals surface area contributed by atoms with E-state index in [9.17, 15) is 45.6 Å². The van der Waals surface area contributed by atoms with Gasteiger partial charge in [0.15, 0.2) is 12.6 Å². The van der Waals surface area contributed by atoms with Crippen LogP contribution in [0.2, 0.25) is 0 Å². The summed E-state index contributed by atoms with van der Waals surface area (Å²) in [6, 6.07) is -0.920. The highest BCUT2D eigenvalue weighted by atomic mass is 16.7. The third kappa shape index (κ3) is 45.2. The maximum atomic E-state index is 13.4. The molecule has 0 radical (unpaired) electrons. The second kappa shape index (κ2) is 62.2. The lowest BCUT2D eigenvalue weighted by Crippen LogP contribution is -2.65. The number of nitrogens with one attached hydrogen (secondary N) is 1. The molecule has 2 aliphatic rings. The molecule has 0 saturated carbocycles. The van der Waals surface area contributed by atoms with Crippen molar-refractivity contribution in [2.75, 3.05) is 19.8 Å². The fraction of sp³-hybridized carbons (Fsp3) is 0.859. The number of ether oxygens (including phenoxy) is 4. The summed E-state index contributed by atoms with van der Waals surface area (Å²) in [6.07, 6.45) is 67.2. The topological polar surface area (TPSA) is 228 Å². The molecule has 12 atom stereocenters. The predicted molar refractivity (Wildman–Crippen MR) is 378 cm³/mol. The first-order valence-electron chi connectivity index (χ1n) is 38.5. The highest BCUT2D eigenvalue weighted by Gasteiger charge is 2.51. The van der Waals surface area contributed by atoms with Gasteiger partial charge in [0.2, 0.25) is 5.91 Å². The molecule has 92 heavy (non-hydrogen) atoms. The minimum atomic E-state index is -1.79. The number of amides is 1. The Bertz CT molecular complexity index is 1780. The number of unbranched alkanes of at least 4 members (excludes halogenated alkanes) is 43. The van der Waals surface area contributed by atoms with E-state index in [4.69, 9.17) is 18.9 Å². The second-order valence-corrected chi connectivity index (χ2v) is 27.1. The van der Waals surface area contributed by atoms with Crippen LogP contribution in [0.3, 0.4) is 0 Å². The van der Waals surface area contributed by atoms with Crippen molar-refractivity contribution in [1.29, 1.82) is 0 Å². The molecule has 0 aromatic carbocycles. The molecule has 9 N–H and O–H groups in total. The van der Waals surface area contributed by atoms with Crippen molar-refractivity contribution >= 4 is 5.91 Å². The maximum absolute atomic E-state index is 13.4. The molecule has 0 aromatic rings. The number of carbonyl (C=O) groups is 1. The Hall–Kier alpha value is -2.31. The lowest BCUT2D eigenvalue weighted by molar-refractivity contribution is -0.359. The Morgan fingerprint density at radius 3 is 1.15 bits per heavy atom. The number of aliphatic hydroxyl groups is 8. The zero-order valence-electron chi connectivity index (χ0n) is 58.8. The first kappa shape index (κ1) is 85.8. The number of allylic oxidation sites excluding steroid dienone is 9. The van der Waals surface area contributed by atoms with Gasteiger partial charge < -0.3 is 65.1 Å². The summed E-state index contributed by atoms with van der Waals surface area (Å²) in [5, 5.41) is 87.6. The van der Waals surface area contributed by atoms with Gasteiger partial charge >= 0.3 is 0 Å². The molecule has 2 aliphatic heterocycles. The number of hydrogen-bond donors (Lipinski definition) is 9. The minimum absolute atomic E-state index is 0.239. The summed E-state index contributed by atoms with van der Waals surface area (Å²) < 4.78 is 22.9. The fourth-order valence-electron chi connectivity index (χ4n) is 12.6. The summed E-state index contributed by atoms with van der Waals surface area (Å²) in [5.74, 6) is -0.239. The molecule has 538 valence electrons. The van der Waals surface area contributed by atoms with Gasteiger partial charge in [0.1, 0.15) is 48.8 Å². The molecule has 14 heteroatoms. The first-order chi connectivity index (χ1) is 45.1. The Kier molecular flexibility index (Phi) is 58.0. The van der Waals surface area contributed by atoms with Crippen molar-refractivity contribution in [3.63, 3.8) is 0 Å². The lowest BCUT2D eigenvalue weighted by Gasteiger charge is -2.46. The van der Waals surface area contributed by atoms with E-state index in [1.807, 2.05) is 6.08 Å². The molecular formula is C78H143NO13. The standard InChI is InChI=1S/C78H143NO13/c1-3-5-7-9-11-13-15-17-19-21-23-25-27-29-30-31-32-33-34-35-36-38-39-41-43-45-47-49-51-53-55-57-59-61-67(82)66(65-89-77-75(88)73(86)76(69(64-81)91-77)92-78-74(87)72(85)71(84)68(63-80)90-78)79-70(83)62-60-58-56-54-52-50-48-46-44-42-40-37-28-26-24-22-20-18-16-14-12-10-8-6-4-2/h6,8,12,14,18,20,24,26,59,61,66-69,71-78,80-82,84-88H,3-5,7,9-11,13,15-17,19,21-23,25,27-58,60,62-65H2,1-2H3,(H,79,83)/b8-6-,14-12-,20-18-,26-24-,61-59+. The van der Waals surface area contributed by atoms with E-state index in [0.29, 0.717) is 6.42 Å². The fourth-order valence-corrected chi connectivity index (χ4v) is 12.6. The smallest absolute Gasteiger partial charge is 0.220 e. The van der Waals surface area contributed by atoms with Gasteiger partial charge in [0.05, 0.1) is 32.0 Å².